The SMILES string of the molecule is Cc1ccc(Cl)cc1N(Cc1ccc(C(=O)Nc2ccc(F)cc2)cc1)S(=O)(=O)c1ccccc1. The second-order valence-electron chi connectivity index (χ2n) is 7.91. The van der Waals surface area contributed by atoms with Crippen LogP contribution >= 0.6 is 11.6 Å². The quantitative estimate of drug-likeness (QED) is 0.312. The molecule has 4 aromatic rings. The summed E-state index contributed by atoms with van der Waals surface area (Å²) in [6.45, 7) is 1.86. The van der Waals surface area contributed by atoms with Crippen LogP contribution in [0.3, 0.4) is 0 Å². The Hall–Kier alpha value is -3.68. The van der Waals surface area contributed by atoms with Gasteiger partial charge < -0.3 is 5.32 Å². The van der Waals surface area contributed by atoms with E-state index in [1.54, 1.807) is 72.8 Å². The molecule has 0 aliphatic carbocycles. The number of carbonyl (C=O) groups excluding carboxylic acids is 1. The molecule has 178 valence electrons. The molecule has 0 heterocycles. The molecular formula is C27H22ClFN2O3S. The van der Waals surface area contributed by atoms with E-state index in [9.17, 15) is 17.6 Å². The van der Waals surface area contributed by atoms with Crippen molar-refractivity contribution in [2.24, 2.45) is 0 Å². The first-order valence-electron chi connectivity index (χ1n) is 10.7. The molecule has 35 heavy (non-hydrogen) atoms. The summed E-state index contributed by atoms with van der Waals surface area (Å²) in [6, 6.07) is 25.4. The average Bonchev–Trinajstić information content (AvgIpc) is 2.86. The fourth-order valence-corrected chi connectivity index (χ4v) is 5.23. The fourth-order valence-electron chi connectivity index (χ4n) is 3.53. The topological polar surface area (TPSA) is 66.5 Å². The zero-order valence-electron chi connectivity index (χ0n) is 18.8. The van der Waals surface area contributed by atoms with Gasteiger partial charge in [-0.3, -0.25) is 9.10 Å². The molecule has 0 spiro atoms. The van der Waals surface area contributed by atoms with Crippen molar-refractivity contribution >= 4 is 38.9 Å². The fraction of sp³-hybridized carbons (Fsp3) is 0.0741. The number of nitrogens with zero attached hydrogens (tertiary/aromatic N) is 1. The van der Waals surface area contributed by atoms with Gasteiger partial charge in [0.2, 0.25) is 0 Å². The highest BCUT2D eigenvalue weighted by atomic mass is 35.5. The van der Waals surface area contributed by atoms with Crippen molar-refractivity contribution in [3.05, 3.63) is 125 Å². The lowest BCUT2D eigenvalue weighted by molar-refractivity contribution is 0.102. The van der Waals surface area contributed by atoms with Crippen molar-refractivity contribution in [2.45, 2.75) is 18.4 Å². The van der Waals surface area contributed by atoms with Crippen molar-refractivity contribution in [1.82, 2.24) is 0 Å². The largest absolute Gasteiger partial charge is 0.322 e. The summed E-state index contributed by atoms with van der Waals surface area (Å²) in [7, 11) is -3.90. The van der Waals surface area contributed by atoms with E-state index in [4.69, 9.17) is 11.6 Å². The molecule has 0 radical (unpaired) electrons. The molecule has 0 unspecified atom stereocenters. The number of benzene rings is 4. The van der Waals surface area contributed by atoms with Gasteiger partial charge in [0.1, 0.15) is 5.82 Å². The van der Waals surface area contributed by atoms with E-state index in [2.05, 4.69) is 5.32 Å². The van der Waals surface area contributed by atoms with Gasteiger partial charge in [0.25, 0.3) is 15.9 Å². The predicted molar refractivity (Wildman–Crippen MR) is 137 cm³/mol. The Kier molecular flexibility index (Phi) is 7.19. The lowest BCUT2D eigenvalue weighted by atomic mass is 10.1. The summed E-state index contributed by atoms with van der Waals surface area (Å²) in [5.74, 6) is -0.750. The number of hydrogen-bond donors (Lipinski definition) is 1. The van der Waals surface area contributed by atoms with Crippen LogP contribution in [0.1, 0.15) is 21.5 Å². The summed E-state index contributed by atoms with van der Waals surface area (Å²) < 4.78 is 41.6. The van der Waals surface area contributed by atoms with Crippen LogP contribution < -0.4 is 9.62 Å². The maximum atomic E-state index is 13.6. The predicted octanol–water partition coefficient (Wildman–Crippen LogP) is 6.44. The number of amides is 1. The molecule has 0 fully saturated rings. The highest BCUT2D eigenvalue weighted by molar-refractivity contribution is 7.92. The van der Waals surface area contributed by atoms with E-state index in [1.165, 1.54) is 28.6 Å². The highest BCUT2D eigenvalue weighted by Crippen LogP contribution is 2.31. The number of hydrogen-bond acceptors (Lipinski definition) is 3. The first-order valence-corrected chi connectivity index (χ1v) is 12.6. The van der Waals surface area contributed by atoms with E-state index in [0.29, 0.717) is 27.5 Å². The zero-order valence-corrected chi connectivity index (χ0v) is 20.4. The lowest BCUT2D eigenvalue weighted by Gasteiger charge is -2.26. The number of carbonyl (C=O) groups is 1. The van der Waals surface area contributed by atoms with Crippen LogP contribution in [0.5, 0.6) is 0 Å². The van der Waals surface area contributed by atoms with Gasteiger partial charge in [-0.15, -0.1) is 0 Å². The van der Waals surface area contributed by atoms with Crippen molar-refractivity contribution in [3.8, 4) is 0 Å². The molecule has 0 saturated carbocycles. The summed E-state index contributed by atoms with van der Waals surface area (Å²) in [6.07, 6.45) is 0. The monoisotopic (exact) mass is 508 g/mol. The van der Waals surface area contributed by atoms with Crippen molar-refractivity contribution in [3.63, 3.8) is 0 Å². The molecule has 5 nitrogen and oxygen atoms in total. The number of anilines is 2. The molecule has 0 aromatic heterocycles. The number of aryl methyl sites for hydroxylation is 1. The molecular weight excluding hydrogens is 487 g/mol. The second kappa shape index (κ2) is 10.3. The van der Waals surface area contributed by atoms with Gasteiger partial charge in [-0.25, -0.2) is 12.8 Å². The second-order valence-corrected chi connectivity index (χ2v) is 10.2. The highest BCUT2D eigenvalue weighted by Gasteiger charge is 2.26. The van der Waals surface area contributed by atoms with Crippen LogP contribution in [0.15, 0.2) is 102 Å². The van der Waals surface area contributed by atoms with E-state index < -0.39 is 15.8 Å². The minimum atomic E-state index is -3.90. The van der Waals surface area contributed by atoms with Gasteiger partial charge >= 0.3 is 0 Å². The summed E-state index contributed by atoms with van der Waals surface area (Å²) >= 11 is 6.20. The summed E-state index contributed by atoms with van der Waals surface area (Å²) in [5, 5.41) is 3.13. The minimum Gasteiger partial charge on any atom is -0.322 e. The van der Waals surface area contributed by atoms with Gasteiger partial charge in [-0.1, -0.05) is 48.0 Å². The van der Waals surface area contributed by atoms with Crippen LogP contribution in [-0.2, 0) is 16.6 Å². The normalized spacial score (nSPS) is 11.2. The van der Waals surface area contributed by atoms with Crippen molar-refractivity contribution in [2.75, 3.05) is 9.62 Å². The van der Waals surface area contributed by atoms with Crippen LogP contribution in [0.25, 0.3) is 0 Å². The first kappa shape index (κ1) is 24.4. The Morgan fingerprint density at radius 3 is 2.23 bits per heavy atom. The Balaban J connectivity index is 1.62. The number of halogens is 2. The number of rotatable bonds is 7. The van der Waals surface area contributed by atoms with E-state index in [0.717, 1.165) is 5.56 Å². The average molecular weight is 509 g/mol. The maximum absolute atomic E-state index is 13.6. The maximum Gasteiger partial charge on any atom is 0.264 e. The number of sulfonamides is 1. The van der Waals surface area contributed by atoms with Gasteiger partial charge in [0, 0.05) is 16.3 Å². The van der Waals surface area contributed by atoms with Crippen molar-refractivity contribution < 1.29 is 17.6 Å². The van der Waals surface area contributed by atoms with Crippen LogP contribution in [0.4, 0.5) is 15.8 Å². The molecule has 0 bridgehead atoms. The molecule has 0 saturated heterocycles. The van der Waals surface area contributed by atoms with Gasteiger partial charge in [-0.05, 0) is 78.7 Å². The van der Waals surface area contributed by atoms with E-state index >= 15 is 0 Å². The van der Waals surface area contributed by atoms with Gasteiger partial charge in [0.05, 0.1) is 17.1 Å². The zero-order chi connectivity index (χ0) is 25.0. The van der Waals surface area contributed by atoms with Crippen molar-refractivity contribution in [1.29, 1.82) is 0 Å². The molecule has 0 atom stereocenters. The van der Waals surface area contributed by atoms with E-state index in [1.807, 2.05) is 6.92 Å². The van der Waals surface area contributed by atoms with Crippen LogP contribution in [0, 0.1) is 12.7 Å². The third kappa shape index (κ3) is 5.70. The third-order valence-corrected chi connectivity index (χ3v) is 7.42. The Labute approximate surface area is 208 Å². The molecule has 1 N–H and O–H groups in total. The van der Waals surface area contributed by atoms with Gasteiger partial charge in [0.15, 0.2) is 0 Å². The Morgan fingerprint density at radius 1 is 0.914 bits per heavy atom. The molecule has 0 aliphatic heterocycles. The molecule has 0 aliphatic rings. The first-order chi connectivity index (χ1) is 16.7. The minimum absolute atomic E-state index is 0.0400. The van der Waals surface area contributed by atoms with Crippen LogP contribution in [-0.4, -0.2) is 14.3 Å². The molecule has 8 heteroatoms. The van der Waals surface area contributed by atoms with Crippen LogP contribution in [0.2, 0.25) is 5.02 Å². The third-order valence-electron chi connectivity index (χ3n) is 5.42. The molecule has 1 amide bonds. The Bertz CT molecular complexity index is 1440. The summed E-state index contributed by atoms with van der Waals surface area (Å²) in [4.78, 5) is 12.7. The Morgan fingerprint density at radius 2 is 1.57 bits per heavy atom. The number of nitrogens with one attached hydrogen (secondary N) is 1. The standard InChI is InChI=1S/C27H22ClFN2O3S/c1-19-7-12-22(28)17-26(19)31(35(33,34)25-5-3-2-4-6-25)18-20-8-10-21(11-9-20)27(32)30-24-15-13-23(29)14-16-24/h2-17H,18H2,1H3,(H,30,32). The summed E-state index contributed by atoms with van der Waals surface area (Å²) in [5.41, 5.74) is 2.76. The van der Waals surface area contributed by atoms with Gasteiger partial charge in [-0.2, -0.15) is 0 Å². The molecule has 4 rings (SSSR count). The molecule has 4 aromatic carbocycles. The van der Waals surface area contributed by atoms with E-state index in [-0.39, 0.29) is 17.3 Å². The lowest BCUT2D eigenvalue weighted by Crippen LogP contribution is -2.31. The smallest absolute Gasteiger partial charge is 0.264 e.